The number of fused-ring (bicyclic) bond motifs is 1. The van der Waals surface area contributed by atoms with Gasteiger partial charge in [-0.1, -0.05) is 35.5 Å². The zero-order valence-corrected chi connectivity index (χ0v) is 12.8. The smallest absolute Gasteiger partial charge is 0.320 e. The summed E-state index contributed by atoms with van der Waals surface area (Å²) < 4.78 is 41.0. The normalized spacial score (nSPS) is 12.1. The highest BCUT2D eigenvalue weighted by Crippen LogP contribution is 2.23. The number of alkyl halides is 2. The van der Waals surface area contributed by atoms with E-state index in [4.69, 9.17) is 4.84 Å². The topological polar surface area (TPSA) is 39.4 Å². The van der Waals surface area contributed by atoms with E-state index in [1.54, 1.807) is 42.5 Å². The first kappa shape index (κ1) is 16.0. The van der Waals surface area contributed by atoms with Gasteiger partial charge in [-0.15, -0.1) is 0 Å². The first-order chi connectivity index (χ1) is 11.6. The molecule has 1 aromatic heterocycles. The molecule has 0 saturated heterocycles. The number of hydrogen-bond acceptors (Lipinski definition) is 3. The molecule has 0 N–H and O–H groups in total. The fourth-order valence-corrected chi connectivity index (χ4v) is 2.35. The number of imidazole rings is 1. The maximum Gasteiger partial charge on any atom is 0.320 e. The Labute approximate surface area is 136 Å². The van der Waals surface area contributed by atoms with E-state index in [0.29, 0.717) is 16.6 Å². The Hall–Kier alpha value is -2.83. The van der Waals surface area contributed by atoms with Gasteiger partial charge in [0.2, 0.25) is 0 Å². The monoisotopic (exact) mass is 333 g/mol. The van der Waals surface area contributed by atoms with E-state index in [0.717, 1.165) is 4.57 Å². The van der Waals surface area contributed by atoms with E-state index in [9.17, 15) is 13.2 Å². The number of para-hydroxylation sites is 2. The fourth-order valence-electron chi connectivity index (χ4n) is 2.35. The van der Waals surface area contributed by atoms with Crippen molar-refractivity contribution in [3.05, 3.63) is 65.7 Å². The summed E-state index contributed by atoms with van der Waals surface area (Å²) in [5.41, 5.74) is 1.27. The van der Waals surface area contributed by atoms with Crippen LogP contribution in [-0.4, -0.2) is 15.3 Å². The molecule has 0 bridgehead atoms. The molecule has 3 rings (SSSR count). The van der Waals surface area contributed by atoms with Crippen LogP contribution in [0.4, 0.5) is 13.2 Å². The SMILES string of the molecule is C/C(=N/OCc1ccccc1F)c1nc2ccccc2n1C(F)F. The zero-order chi connectivity index (χ0) is 17.1. The lowest BCUT2D eigenvalue weighted by Crippen LogP contribution is -2.10. The van der Waals surface area contributed by atoms with Gasteiger partial charge in [-0.2, -0.15) is 8.78 Å². The third kappa shape index (κ3) is 3.10. The quantitative estimate of drug-likeness (QED) is 0.509. The van der Waals surface area contributed by atoms with Crippen molar-refractivity contribution in [1.82, 2.24) is 9.55 Å². The van der Waals surface area contributed by atoms with Gasteiger partial charge in [0.15, 0.2) is 5.82 Å². The van der Waals surface area contributed by atoms with Crippen LogP contribution < -0.4 is 0 Å². The average molecular weight is 333 g/mol. The maximum atomic E-state index is 13.5. The highest BCUT2D eigenvalue weighted by molar-refractivity contribution is 5.98. The Kier molecular flexibility index (Phi) is 4.50. The third-order valence-electron chi connectivity index (χ3n) is 3.49. The number of aromatic nitrogens is 2. The standard InChI is InChI=1S/C17H14F3N3O/c1-11(22-24-10-12-6-2-3-7-13(12)18)16-21-14-8-4-5-9-15(14)23(16)17(19)20/h2-9,17H,10H2,1H3/b22-11-. The lowest BCUT2D eigenvalue weighted by molar-refractivity contribution is 0.0736. The molecule has 0 fully saturated rings. The van der Waals surface area contributed by atoms with Crippen LogP contribution in [0.2, 0.25) is 0 Å². The van der Waals surface area contributed by atoms with E-state index >= 15 is 0 Å². The summed E-state index contributed by atoms with van der Waals surface area (Å²) in [6, 6.07) is 12.7. The number of nitrogens with zero attached hydrogens (tertiary/aromatic N) is 3. The van der Waals surface area contributed by atoms with E-state index in [1.165, 1.54) is 13.0 Å². The molecule has 4 nitrogen and oxygen atoms in total. The van der Waals surface area contributed by atoms with Gasteiger partial charge < -0.3 is 4.84 Å². The van der Waals surface area contributed by atoms with Crippen LogP contribution >= 0.6 is 0 Å². The van der Waals surface area contributed by atoms with Gasteiger partial charge in [-0.3, -0.25) is 4.57 Å². The molecular formula is C17H14F3N3O. The van der Waals surface area contributed by atoms with Crippen LogP contribution in [0.5, 0.6) is 0 Å². The fraction of sp³-hybridized carbons (Fsp3) is 0.176. The minimum atomic E-state index is -2.76. The molecule has 0 atom stereocenters. The molecule has 0 aliphatic rings. The van der Waals surface area contributed by atoms with Gasteiger partial charge in [0.1, 0.15) is 18.1 Å². The molecule has 3 aromatic rings. The second kappa shape index (κ2) is 6.74. The van der Waals surface area contributed by atoms with Crippen molar-refractivity contribution in [1.29, 1.82) is 0 Å². The molecule has 2 aromatic carbocycles. The van der Waals surface area contributed by atoms with Gasteiger partial charge >= 0.3 is 6.55 Å². The average Bonchev–Trinajstić information content (AvgIpc) is 2.96. The van der Waals surface area contributed by atoms with Crippen LogP contribution in [0.3, 0.4) is 0 Å². The summed E-state index contributed by atoms with van der Waals surface area (Å²) in [6.07, 6.45) is 0. The van der Waals surface area contributed by atoms with Crippen molar-refractivity contribution in [2.75, 3.05) is 0 Å². The molecule has 24 heavy (non-hydrogen) atoms. The van der Waals surface area contributed by atoms with E-state index in [-0.39, 0.29) is 18.1 Å². The van der Waals surface area contributed by atoms with Crippen molar-refractivity contribution in [3.63, 3.8) is 0 Å². The number of halogens is 3. The minimum absolute atomic E-state index is 0.0136. The molecule has 7 heteroatoms. The lowest BCUT2D eigenvalue weighted by Gasteiger charge is -2.07. The molecule has 0 aliphatic carbocycles. The summed E-state index contributed by atoms with van der Waals surface area (Å²) in [4.78, 5) is 9.27. The number of rotatable bonds is 5. The zero-order valence-electron chi connectivity index (χ0n) is 12.8. The van der Waals surface area contributed by atoms with Gasteiger partial charge in [-0.25, -0.2) is 9.37 Å². The summed E-state index contributed by atoms with van der Waals surface area (Å²) >= 11 is 0. The van der Waals surface area contributed by atoms with Crippen molar-refractivity contribution < 1.29 is 18.0 Å². The molecule has 0 saturated carbocycles. The molecule has 0 amide bonds. The highest BCUT2D eigenvalue weighted by Gasteiger charge is 2.19. The van der Waals surface area contributed by atoms with Crippen molar-refractivity contribution >= 4 is 16.7 Å². The summed E-state index contributed by atoms with van der Waals surface area (Å²) in [7, 11) is 0. The molecule has 1 heterocycles. The van der Waals surface area contributed by atoms with Crippen LogP contribution in [0, 0.1) is 5.82 Å². The Bertz CT molecular complexity index is 890. The number of benzene rings is 2. The van der Waals surface area contributed by atoms with Gasteiger partial charge in [0, 0.05) is 5.56 Å². The number of hydrogen-bond donors (Lipinski definition) is 0. The second-order valence-corrected chi connectivity index (χ2v) is 5.11. The van der Waals surface area contributed by atoms with Crippen LogP contribution in [0.1, 0.15) is 24.9 Å². The predicted octanol–water partition coefficient (Wildman–Crippen LogP) is 4.51. The van der Waals surface area contributed by atoms with Gasteiger partial charge in [0.25, 0.3) is 0 Å². The van der Waals surface area contributed by atoms with E-state index in [1.807, 2.05) is 0 Å². The van der Waals surface area contributed by atoms with E-state index < -0.39 is 12.4 Å². The highest BCUT2D eigenvalue weighted by atomic mass is 19.3. The summed E-state index contributed by atoms with van der Waals surface area (Å²) in [6.45, 7) is -1.34. The largest absolute Gasteiger partial charge is 0.390 e. The molecule has 0 spiro atoms. The minimum Gasteiger partial charge on any atom is -0.390 e. The molecule has 0 radical (unpaired) electrons. The van der Waals surface area contributed by atoms with Gasteiger partial charge in [-0.05, 0) is 25.1 Å². The molecule has 0 aliphatic heterocycles. The second-order valence-electron chi connectivity index (χ2n) is 5.11. The third-order valence-corrected chi connectivity index (χ3v) is 3.49. The summed E-state index contributed by atoms with van der Waals surface area (Å²) in [5, 5.41) is 3.80. The van der Waals surface area contributed by atoms with Crippen molar-refractivity contribution in [2.45, 2.75) is 20.1 Å². The van der Waals surface area contributed by atoms with Crippen LogP contribution in [0.15, 0.2) is 53.7 Å². The van der Waals surface area contributed by atoms with Crippen LogP contribution in [-0.2, 0) is 11.4 Å². The molecular weight excluding hydrogens is 319 g/mol. The molecule has 124 valence electrons. The van der Waals surface area contributed by atoms with Crippen molar-refractivity contribution in [2.24, 2.45) is 5.16 Å². The van der Waals surface area contributed by atoms with Crippen molar-refractivity contribution in [3.8, 4) is 0 Å². The Morgan fingerprint density at radius 1 is 1.17 bits per heavy atom. The number of oxime groups is 1. The predicted molar refractivity (Wildman–Crippen MR) is 84.4 cm³/mol. The molecule has 0 unspecified atom stereocenters. The Morgan fingerprint density at radius 2 is 1.88 bits per heavy atom. The Morgan fingerprint density at radius 3 is 2.62 bits per heavy atom. The lowest BCUT2D eigenvalue weighted by atomic mass is 10.2. The summed E-state index contributed by atoms with van der Waals surface area (Å²) in [5.74, 6) is -0.398. The first-order valence-corrected chi connectivity index (χ1v) is 7.23. The maximum absolute atomic E-state index is 13.5. The van der Waals surface area contributed by atoms with Gasteiger partial charge in [0.05, 0.1) is 11.0 Å². The van der Waals surface area contributed by atoms with Crippen LogP contribution in [0.25, 0.3) is 11.0 Å². The van der Waals surface area contributed by atoms with E-state index in [2.05, 4.69) is 10.1 Å². The Balaban J connectivity index is 1.86. The first-order valence-electron chi connectivity index (χ1n) is 7.23.